The molecule has 2 saturated heterocycles. The fourth-order valence-corrected chi connectivity index (χ4v) is 4.23. The van der Waals surface area contributed by atoms with Crippen LogP contribution in [0.5, 0.6) is 0 Å². The molecule has 1 amide bonds. The third kappa shape index (κ3) is 3.47. The van der Waals surface area contributed by atoms with Gasteiger partial charge in [0.15, 0.2) is 0 Å². The van der Waals surface area contributed by atoms with Crippen molar-refractivity contribution in [3.8, 4) is 0 Å². The van der Waals surface area contributed by atoms with E-state index in [0.29, 0.717) is 24.4 Å². The third-order valence-electron chi connectivity index (χ3n) is 4.60. The van der Waals surface area contributed by atoms with Crippen LogP contribution in [0.4, 0.5) is 0 Å². The van der Waals surface area contributed by atoms with Crippen molar-refractivity contribution in [2.24, 2.45) is 11.8 Å². The molecule has 3 rings (SSSR count). The molecule has 0 bridgehead atoms. The molecule has 0 saturated carbocycles. The second-order valence-corrected chi connectivity index (χ2v) is 7.47. The molecule has 1 aromatic heterocycles. The highest BCUT2D eigenvalue weighted by atomic mass is 32.1. The van der Waals surface area contributed by atoms with Crippen LogP contribution in [0.15, 0.2) is 17.5 Å². The Morgan fingerprint density at radius 3 is 3.10 bits per heavy atom. The largest absolute Gasteiger partial charge is 0.376 e. The highest BCUT2D eigenvalue weighted by Gasteiger charge is 2.41. The highest BCUT2D eigenvalue weighted by Crippen LogP contribution is 2.34. The maximum absolute atomic E-state index is 12.4. The summed E-state index contributed by atoms with van der Waals surface area (Å²) in [6, 6.07) is 4.05. The summed E-state index contributed by atoms with van der Waals surface area (Å²) in [5.41, 5.74) is 0. The number of carbonyl (C=O) groups is 1. The SMILES string of the molecule is CN(C)C[C@@H]1OC[C@@H]2CN(C(=O)Cc3cccs3)CC[C@@H]21. The number of likely N-dealkylation sites (N-methyl/N-ethyl adjacent to an activating group) is 1. The van der Waals surface area contributed by atoms with E-state index in [1.807, 2.05) is 22.4 Å². The normalized spacial score (nSPS) is 28.9. The molecule has 0 aromatic carbocycles. The quantitative estimate of drug-likeness (QED) is 0.849. The first kappa shape index (κ1) is 15.0. The minimum atomic E-state index is 0.270. The number of hydrogen-bond donors (Lipinski definition) is 0. The summed E-state index contributed by atoms with van der Waals surface area (Å²) in [6.07, 6.45) is 1.98. The van der Waals surface area contributed by atoms with Crippen molar-refractivity contribution in [3.63, 3.8) is 0 Å². The Morgan fingerprint density at radius 2 is 2.38 bits per heavy atom. The summed E-state index contributed by atoms with van der Waals surface area (Å²) in [7, 11) is 4.19. The van der Waals surface area contributed by atoms with Gasteiger partial charge in [0.2, 0.25) is 5.91 Å². The standard InChI is InChI=1S/C16H24N2O2S/c1-17(2)10-15-14-5-6-18(9-12(14)11-20-15)16(19)8-13-4-3-7-21-13/h3-4,7,12,14-15H,5-6,8-11H2,1-2H3/t12-,14-,15-/m0/s1. The molecule has 2 aliphatic rings. The van der Waals surface area contributed by atoms with Gasteiger partial charge in [0.1, 0.15) is 0 Å². The van der Waals surface area contributed by atoms with Crippen LogP contribution in [-0.4, -0.2) is 62.1 Å². The van der Waals surface area contributed by atoms with E-state index in [0.717, 1.165) is 37.5 Å². The molecule has 3 heterocycles. The molecule has 0 N–H and O–H groups in total. The zero-order valence-corrected chi connectivity index (χ0v) is 13.6. The number of rotatable bonds is 4. The first-order valence-corrected chi connectivity index (χ1v) is 8.58. The number of thiophene rings is 1. The van der Waals surface area contributed by atoms with Gasteiger partial charge in [-0.3, -0.25) is 4.79 Å². The highest BCUT2D eigenvalue weighted by molar-refractivity contribution is 7.10. The monoisotopic (exact) mass is 308 g/mol. The lowest BCUT2D eigenvalue weighted by atomic mass is 9.84. The number of hydrogen-bond acceptors (Lipinski definition) is 4. The Hall–Kier alpha value is -0.910. The molecule has 0 aliphatic carbocycles. The van der Waals surface area contributed by atoms with E-state index in [2.05, 4.69) is 19.0 Å². The summed E-state index contributed by atoms with van der Waals surface area (Å²) in [5.74, 6) is 1.42. The van der Waals surface area contributed by atoms with Gasteiger partial charge in [-0.25, -0.2) is 0 Å². The fraction of sp³-hybridized carbons (Fsp3) is 0.688. The van der Waals surface area contributed by atoms with Gasteiger partial charge in [0.05, 0.1) is 19.1 Å². The average molecular weight is 308 g/mol. The molecule has 0 spiro atoms. The van der Waals surface area contributed by atoms with Crippen molar-refractivity contribution in [1.29, 1.82) is 0 Å². The Labute approximate surface area is 130 Å². The van der Waals surface area contributed by atoms with Crippen LogP contribution < -0.4 is 0 Å². The molecule has 4 nitrogen and oxygen atoms in total. The minimum absolute atomic E-state index is 0.270. The van der Waals surface area contributed by atoms with Gasteiger partial charge in [0.25, 0.3) is 0 Å². The molecule has 21 heavy (non-hydrogen) atoms. The van der Waals surface area contributed by atoms with E-state index < -0.39 is 0 Å². The molecular weight excluding hydrogens is 284 g/mol. The van der Waals surface area contributed by atoms with E-state index in [1.165, 1.54) is 0 Å². The van der Waals surface area contributed by atoms with Gasteiger partial charge < -0.3 is 14.5 Å². The average Bonchev–Trinajstić information content (AvgIpc) is 3.08. The number of amides is 1. The van der Waals surface area contributed by atoms with E-state index >= 15 is 0 Å². The van der Waals surface area contributed by atoms with Crippen LogP contribution >= 0.6 is 11.3 Å². The zero-order valence-electron chi connectivity index (χ0n) is 12.8. The Kier molecular flexibility index (Phi) is 4.62. The topological polar surface area (TPSA) is 32.8 Å². The Bertz CT molecular complexity index is 475. The molecule has 0 unspecified atom stereocenters. The van der Waals surface area contributed by atoms with Gasteiger partial charge in [-0.15, -0.1) is 11.3 Å². The third-order valence-corrected chi connectivity index (χ3v) is 5.47. The molecule has 1 aromatic rings. The number of ether oxygens (including phenoxy) is 1. The number of piperidine rings is 1. The number of carbonyl (C=O) groups excluding carboxylic acids is 1. The zero-order chi connectivity index (χ0) is 14.8. The predicted octanol–water partition coefficient (Wildman–Crippen LogP) is 1.72. The maximum atomic E-state index is 12.4. The van der Waals surface area contributed by atoms with Crippen molar-refractivity contribution in [1.82, 2.24) is 9.80 Å². The number of fused-ring (bicyclic) bond motifs is 1. The minimum Gasteiger partial charge on any atom is -0.376 e. The summed E-state index contributed by atoms with van der Waals surface area (Å²) < 4.78 is 5.97. The second kappa shape index (κ2) is 6.46. The molecule has 2 aliphatic heterocycles. The van der Waals surface area contributed by atoms with E-state index in [9.17, 15) is 4.79 Å². The summed E-state index contributed by atoms with van der Waals surface area (Å²) in [4.78, 5) is 17.8. The molecular formula is C16H24N2O2S. The summed E-state index contributed by atoms with van der Waals surface area (Å²) >= 11 is 1.66. The number of nitrogens with zero attached hydrogens (tertiary/aromatic N) is 2. The Balaban J connectivity index is 1.55. The molecule has 3 atom stereocenters. The van der Waals surface area contributed by atoms with Crippen LogP contribution in [0, 0.1) is 11.8 Å². The smallest absolute Gasteiger partial charge is 0.227 e. The molecule has 5 heteroatoms. The van der Waals surface area contributed by atoms with Crippen LogP contribution in [0.3, 0.4) is 0 Å². The summed E-state index contributed by atoms with van der Waals surface area (Å²) in [5, 5.41) is 2.03. The Morgan fingerprint density at radius 1 is 1.52 bits per heavy atom. The van der Waals surface area contributed by atoms with Gasteiger partial charge in [-0.1, -0.05) is 6.07 Å². The first-order chi connectivity index (χ1) is 10.1. The predicted molar refractivity (Wildman–Crippen MR) is 84.5 cm³/mol. The first-order valence-electron chi connectivity index (χ1n) is 7.70. The van der Waals surface area contributed by atoms with Crippen molar-refractivity contribution in [2.45, 2.75) is 18.9 Å². The maximum Gasteiger partial charge on any atom is 0.227 e. The lowest BCUT2D eigenvalue weighted by molar-refractivity contribution is -0.132. The van der Waals surface area contributed by atoms with E-state index in [-0.39, 0.29) is 5.91 Å². The van der Waals surface area contributed by atoms with Crippen LogP contribution in [0.2, 0.25) is 0 Å². The second-order valence-electron chi connectivity index (χ2n) is 6.44. The molecule has 116 valence electrons. The molecule has 0 radical (unpaired) electrons. The van der Waals surface area contributed by atoms with Crippen molar-refractivity contribution >= 4 is 17.2 Å². The van der Waals surface area contributed by atoms with Crippen molar-refractivity contribution in [2.75, 3.05) is 40.3 Å². The van der Waals surface area contributed by atoms with E-state index in [4.69, 9.17) is 4.74 Å². The van der Waals surface area contributed by atoms with Gasteiger partial charge >= 0.3 is 0 Å². The van der Waals surface area contributed by atoms with Crippen molar-refractivity contribution in [3.05, 3.63) is 22.4 Å². The van der Waals surface area contributed by atoms with Gasteiger partial charge in [-0.05, 0) is 37.9 Å². The van der Waals surface area contributed by atoms with Gasteiger partial charge in [-0.2, -0.15) is 0 Å². The van der Waals surface area contributed by atoms with Crippen LogP contribution in [0.25, 0.3) is 0 Å². The van der Waals surface area contributed by atoms with E-state index in [1.54, 1.807) is 11.3 Å². The number of likely N-dealkylation sites (tertiary alicyclic amines) is 1. The van der Waals surface area contributed by atoms with Crippen LogP contribution in [-0.2, 0) is 16.0 Å². The lowest BCUT2D eigenvalue weighted by Gasteiger charge is -2.36. The molecule has 2 fully saturated rings. The van der Waals surface area contributed by atoms with Crippen molar-refractivity contribution < 1.29 is 9.53 Å². The summed E-state index contributed by atoms with van der Waals surface area (Å²) in [6.45, 7) is 3.56. The van der Waals surface area contributed by atoms with Crippen LogP contribution in [0.1, 0.15) is 11.3 Å². The van der Waals surface area contributed by atoms with Gasteiger partial charge in [0, 0.05) is 30.4 Å². The fourth-order valence-electron chi connectivity index (χ4n) is 3.54. The lowest BCUT2D eigenvalue weighted by Crippen LogP contribution is -2.46.